The molecule has 2 aliphatic rings. The van der Waals surface area contributed by atoms with Gasteiger partial charge in [-0.2, -0.15) is 10.2 Å². The monoisotopic (exact) mass is 457 g/mol. The maximum absolute atomic E-state index is 4.69. The molecule has 2 aliphatic heterocycles. The highest BCUT2D eigenvalue weighted by molar-refractivity contribution is 5.75. The SMILES string of the molecule is Cn1cc(-c2ccc3c(N4CCN(c5ncc(CN6CCCCC6)cn5)CC4)cnn3c2)cn1. The second-order valence-electron chi connectivity index (χ2n) is 9.38. The Labute approximate surface area is 199 Å². The summed E-state index contributed by atoms with van der Waals surface area (Å²) >= 11 is 0. The van der Waals surface area contributed by atoms with Crippen LogP contribution < -0.4 is 9.80 Å². The van der Waals surface area contributed by atoms with Crippen molar-refractivity contribution in [2.45, 2.75) is 25.8 Å². The fraction of sp³-hybridized carbons (Fsp3) is 0.440. The average molecular weight is 458 g/mol. The van der Waals surface area contributed by atoms with E-state index >= 15 is 0 Å². The summed E-state index contributed by atoms with van der Waals surface area (Å²) in [6, 6.07) is 4.30. The van der Waals surface area contributed by atoms with Gasteiger partial charge < -0.3 is 9.80 Å². The van der Waals surface area contributed by atoms with Gasteiger partial charge in [-0.3, -0.25) is 9.58 Å². The summed E-state index contributed by atoms with van der Waals surface area (Å²) in [4.78, 5) is 16.6. The molecule has 0 radical (unpaired) electrons. The number of pyridine rings is 1. The van der Waals surface area contributed by atoms with Crippen LogP contribution in [0.5, 0.6) is 0 Å². The molecule has 34 heavy (non-hydrogen) atoms. The summed E-state index contributed by atoms with van der Waals surface area (Å²) in [6.45, 7) is 6.99. The number of nitrogens with zero attached hydrogens (tertiary/aromatic N) is 9. The Hall–Kier alpha value is -3.46. The molecule has 0 aromatic carbocycles. The first-order valence-electron chi connectivity index (χ1n) is 12.2. The highest BCUT2D eigenvalue weighted by Crippen LogP contribution is 2.27. The van der Waals surface area contributed by atoms with E-state index in [0.29, 0.717) is 0 Å². The lowest BCUT2D eigenvalue weighted by molar-refractivity contribution is 0.220. The quantitative estimate of drug-likeness (QED) is 0.456. The lowest BCUT2D eigenvalue weighted by Gasteiger charge is -2.35. The minimum Gasteiger partial charge on any atom is -0.365 e. The van der Waals surface area contributed by atoms with Crippen molar-refractivity contribution in [2.24, 2.45) is 7.05 Å². The molecule has 2 fully saturated rings. The third-order valence-corrected chi connectivity index (χ3v) is 6.98. The van der Waals surface area contributed by atoms with Gasteiger partial charge in [-0.25, -0.2) is 14.5 Å². The third kappa shape index (κ3) is 4.23. The van der Waals surface area contributed by atoms with Crippen LogP contribution in [0, 0.1) is 0 Å². The Kier molecular flexibility index (Phi) is 5.62. The van der Waals surface area contributed by atoms with Crippen molar-refractivity contribution < 1.29 is 0 Å². The summed E-state index contributed by atoms with van der Waals surface area (Å²) in [7, 11) is 1.93. The molecular formula is C25H31N9. The molecular weight excluding hydrogens is 426 g/mol. The Bertz CT molecular complexity index is 1250. The van der Waals surface area contributed by atoms with Gasteiger partial charge in [0.15, 0.2) is 0 Å². The zero-order valence-electron chi connectivity index (χ0n) is 19.7. The van der Waals surface area contributed by atoms with Crippen molar-refractivity contribution >= 4 is 17.2 Å². The zero-order valence-corrected chi connectivity index (χ0v) is 19.7. The first-order chi connectivity index (χ1) is 16.7. The van der Waals surface area contributed by atoms with Gasteiger partial charge in [0.1, 0.15) is 0 Å². The standard InChI is InChI=1S/C25H31N9/c1-30-18-22(15-28-30)21-5-6-23-24(16-29-34(23)19-21)32-9-11-33(12-10-32)25-26-13-20(14-27-25)17-31-7-3-2-4-8-31/h5-6,13-16,18-19H,2-4,7-12,17H2,1H3. The molecule has 176 valence electrons. The maximum Gasteiger partial charge on any atom is 0.225 e. The van der Waals surface area contributed by atoms with E-state index in [1.54, 1.807) is 0 Å². The van der Waals surface area contributed by atoms with Gasteiger partial charge in [-0.15, -0.1) is 0 Å². The molecule has 0 bridgehead atoms. The molecule has 0 amide bonds. The van der Waals surface area contributed by atoms with E-state index in [2.05, 4.69) is 43.2 Å². The second-order valence-corrected chi connectivity index (χ2v) is 9.38. The number of rotatable bonds is 5. The number of hydrogen-bond donors (Lipinski definition) is 0. The highest BCUT2D eigenvalue weighted by Gasteiger charge is 2.22. The van der Waals surface area contributed by atoms with Gasteiger partial charge in [-0.05, 0) is 32.0 Å². The number of piperazine rings is 1. The lowest BCUT2D eigenvalue weighted by Crippen LogP contribution is -2.47. The fourth-order valence-corrected chi connectivity index (χ4v) is 5.07. The second kappa shape index (κ2) is 9.06. The summed E-state index contributed by atoms with van der Waals surface area (Å²) < 4.78 is 3.79. The molecule has 0 N–H and O–H groups in total. The molecule has 9 nitrogen and oxygen atoms in total. The maximum atomic E-state index is 4.69. The summed E-state index contributed by atoms with van der Waals surface area (Å²) in [6.07, 6.45) is 15.9. The average Bonchev–Trinajstić information content (AvgIpc) is 3.51. The Morgan fingerprint density at radius 3 is 2.24 bits per heavy atom. The number of fused-ring (bicyclic) bond motifs is 1. The van der Waals surface area contributed by atoms with Crippen LogP contribution in [-0.4, -0.2) is 73.5 Å². The number of piperidine rings is 1. The normalized spacial score (nSPS) is 17.6. The first kappa shape index (κ1) is 21.1. The molecule has 2 saturated heterocycles. The molecule has 4 aromatic heterocycles. The molecule has 0 atom stereocenters. The van der Waals surface area contributed by atoms with Crippen LogP contribution in [0.1, 0.15) is 24.8 Å². The van der Waals surface area contributed by atoms with Crippen molar-refractivity contribution in [3.8, 4) is 11.1 Å². The molecule has 6 rings (SSSR count). The first-order valence-corrected chi connectivity index (χ1v) is 12.2. The van der Waals surface area contributed by atoms with Gasteiger partial charge in [0.25, 0.3) is 0 Å². The van der Waals surface area contributed by atoms with Crippen LogP contribution in [-0.2, 0) is 13.6 Å². The van der Waals surface area contributed by atoms with Gasteiger partial charge in [0, 0.05) is 81.2 Å². The predicted molar refractivity (Wildman–Crippen MR) is 133 cm³/mol. The van der Waals surface area contributed by atoms with E-state index in [0.717, 1.165) is 55.3 Å². The molecule has 9 heteroatoms. The van der Waals surface area contributed by atoms with Gasteiger partial charge in [0.2, 0.25) is 5.95 Å². The fourth-order valence-electron chi connectivity index (χ4n) is 5.07. The van der Waals surface area contributed by atoms with Gasteiger partial charge in [-0.1, -0.05) is 12.5 Å². The Morgan fingerprint density at radius 2 is 1.50 bits per heavy atom. The molecule has 6 heterocycles. The van der Waals surface area contributed by atoms with Crippen LogP contribution >= 0.6 is 0 Å². The summed E-state index contributed by atoms with van der Waals surface area (Å²) in [5.74, 6) is 0.836. The smallest absolute Gasteiger partial charge is 0.225 e. The molecule has 0 unspecified atom stereocenters. The van der Waals surface area contributed by atoms with Crippen LogP contribution in [0.25, 0.3) is 16.6 Å². The van der Waals surface area contributed by atoms with Crippen molar-refractivity contribution in [3.05, 3.63) is 54.9 Å². The van der Waals surface area contributed by atoms with E-state index in [-0.39, 0.29) is 0 Å². The number of hydrogen-bond acceptors (Lipinski definition) is 7. The van der Waals surface area contributed by atoms with Crippen LogP contribution in [0.3, 0.4) is 0 Å². The number of aromatic nitrogens is 6. The van der Waals surface area contributed by atoms with Gasteiger partial charge >= 0.3 is 0 Å². The molecule has 0 saturated carbocycles. The zero-order chi connectivity index (χ0) is 22.9. The minimum absolute atomic E-state index is 0.836. The Morgan fingerprint density at radius 1 is 0.735 bits per heavy atom. The largest absolute Gasteiger partial charge is 0.365 e. The van der Waals surface area contributed by atoms with Gasteiger partial charge in [0.05, 0.1) is 23.6 Å². The number of aryl methyl sites for hydroxylation is 1. The van der Waals surface area contributed by atoms with Crippen molar-refractivity contribution in [3.63, 3.8) is 0 Å². The predicted octanol–water partition coefficient (Wildman–Crippen LogP) is 2.84. The number of likely N-dealkylation sites (tertiary alicyclic amines) is 1. The van der Waals surface area contributed by atoms with Crippen LogP contribution in [0.15, 0.2) is 49.3 Å². The van der Waals surface area contributed by atoms with E-state index in [1.807, 2.05) is 47.2 Å². The molecule has 0 spiro atoms. The van der Waals surface area contributed by atoms with Crippen molar-refractivity contribution in [1.82, 2.24) is 34.3 Å². The molecule has 4 aromatic rings. The summed E-state index contributed by atoms with van der Waals surface area (Å²) in [5, 5.41) is 8.90. The van der Waals surface area contributed by atoms with E-state index in [4.69, 9.17) is 9.97 Å². The number of anilines is 2. The van der Waals surface area contributed by atoms with E-state index in [1.165, 1.54) is 43.6 Å². The third-order valence-electron chi connectivity index (χ3n) is 6.98. The molecule has 0 aliphatic carbocycles. The Balaban J connectivity index is 1.10. The minimum atomic E-state index is 0.836. The van der Waals surface area contributed by atoms with E-state index < -0.39 is 0 Å². The van der Waals surface area contributed by atoms with E-state index in [9.17, 15) is 0 Å². The van der Waals surface area contributed by atoms with Crippen LogP contribution in [0.4, 0.5) is 11.6 Å². The van der Waals surface area contributed by atoms with Crippen molar-refractivity contribution in [1.29, 1.82) is 0 Å². The van der Waals surface area contributed by atoms with Crippen molar-refractivity contribution in [2.75, 3.05) is 49.1 Å². The summed E-state index contributed by atoms with van der Waals surface area (Å²) in [5.41, 5.74) is 5.72. The topological polar surface area (TPSA) is 70.6 Å². The highest BCUT2D eigenvalue weighted by atomic mass is 15.3. The lowest BCUT2D eigenvalue weighted by atomic mass is 10.1. The van der Waals surface area contributed by atoms with Crippen LogP contribution in [0.2, 0.25) is 0 Å².